The van der Waals surface area contributed by atoms with Gasteiger partial charge in [-0.15, -0.1) is 11.3 Å². The van der Waals surface area contributed by atoms with Crippen LogP contribution in [0.5, 0.6) is 11.5 Å². The van der Waals surface area contributed by atoms with Gasteiger partial charge in [0.25, 0.3) is 5.91 Å². The van der Waals surface area contributed by atoms with Crippen LogP contribution in [0.2, 0.25) is 5.02 Å². The lowest BCUT2D eigenvalue weighted by atomic mass is 10.2. The third-order valence-corrected chi connectivity index (χ3v) is 5.23. The molecular weight excluding hydrogens is 398 g/mol. The smallest absolute Gasteiger partial charge is 0.269 e. The summed E-state index contributed by atoms with van der Waals surface area (Å²) in [5, 5.41) is 4.34. The summed E-state index contributed by atoms with van der Waals surface area (Å²) in [6, 6.07) is 12.9. The molecule has 148 valence electrons. The van der Waals surface area contributed by atoms with E-state index in [1.165, 1.54) is 11.3 Å². The van der Waals surface area contributed by atoms with Gasteiger partial charge in [-0.05, 0) is 44.2 Å². The van der Waals surface area contributed by atoms with Crippen LogP contribution in [0.1, 0.15) is 23.5 Å². The highest BCUT2D eigenvalue weighted by molar-refractivity contribution is 7.21. The molecule has 0 atom stereocenters. The number of rotatable bonds is 8. The highest BCUT2D eigenvalue weighted by Crippen LogP contribution is 2.39. The minimum atomic E-state index is -0.268. The number of carbonyl (C=O) groups is 1. The van der Waals surface area contributed by atoms with E-state index in [0.29, 0.717) is 40.3 Å². The molecule has 0 fully saturated rings. The lowest BCUT2D eigenvalue weighted by molar-refractivity contribution is 0.102. The Labute approximate surface area is 173 Å². The van der Waals surface area contributed by atoms with Crippen molar-refractivity contribution in [3.05, 3.63) is 52.4 Å². The number of hydrogen-bond donors (Lipinski definition) is 1. The van der Waals surface area contributed by atoms with E-state index >= 15 is 0 Å². The standard InChI is InChI=1S/C21H22ClNO4S/c1-13(2)27-19-15-6-4-5-7-18(15)28-20(19)21(24)23-16-12-14(22)8-9-17(16)26-11-10-25-3/h4-9,12-13H,10-11H2,1-3H3,(H,23,24). The van der Waals surface area contributed by atoms with Crippen molar-refractivity contribution in [1.29, 1.82) is 0 Å². The van der Waals surface area contributed by atoms with Crippen LogP contribution in [0.15, 0.2) is 42.5 Å². The van der Waals surface area contributed by atoms with Crippen molar-refractivity contribution in [1.82, 2.24) is 0 Å². The summed E-state index contributed by atoms with van der Waals surface area (Å²) in [6.07, 6.45) is -0.0522. The van der Waals surface area contributed by atoms with Crippen molar-refractivity contribution in [3.63, 3.8) is 0 Å². The molecule has 1 amide bonds. The highest BCUT2D eigenvalue weighted by atomic mass is 35.5. The van der Waals surface area contributed by atoms with Gasteiger partial charge in [0.2, 0.25) is 0 Å². The van der Waals surface area contributed by atoms with E-state index in [4.69, 9.17) is 25.8 Å². The van der Waals surface area contributed by atoms with Crippen molar-refractivity contribution >= 4 is 44.6 Å². The molecule has 0 saturated carbocycles. The Morgan fingerprint density at radius 1 is 1.18 bits per heavy atom. The summed E-state index contributed by atoms with van der Waals surface area (Å²) < 4.78 is 17.7. The number of halogens is 1. The molecule has 7 heteroatoms. The van der Waals surface area contributed by atoms with E-state index in [0.717, 1.165) is 10.1 Å². The van der Waals surface area contributed by atoms with E-state index in [1.807, 2.05) is 38.1 Å². The van der Waals surface area contributed by atoms with Gasteiger partial charge in [0.1, 0.15) is 17.2 Å². The van der Waals surface area contributed by atoms with E-state index < -0.39 is 0 Å². The molecule has 28 heavy (non-hydrogen) atoms. The van der Waals surface area contributed by atoms with Crippen LogP contribution in [0.3, 0.4) is 0 Å². The first kappa shape index (κ1) is 20.5. The second-order valence-corrected chi connectivity index (χ2v) is 7.85. The third-order valence-electron chi connectivity index (χ3n) is 3.84. The largest absolute Gasteiger partial charge is 0.489 e. The normalized spacial score (nSPS) is 11.0. The Kier molecular flexibility index (Phi) is 6.78. The Morgan fingerprint density at radius 3 is 2.71 bits per heavy atom. The van der Waals surface area contributed by atoms with Gasteiger partial charge in [0, 0.05) is 22.2 Å². The second-order valence-electron chi connectivity index (χ2n) is 6.36. The lowest BCUT2D eigenvalue weighted by Crippen LogP contribution is -2.15. The van der Waals surface area contributed by atoms with Gasteiger partial charge < -0.3 is 19.5 Å². The monoisotopic (exact) mass is 419 g/mol. The number of ether oxygens (including phenoxy) is 3. The number of nitrogens with one attached hydrogen (secondary N) is 1. The molecule has 3 rings (SSSR count). The zero-order valence-corrected chi connectivity index (χ0v) is 17.5. The zero-order valence-electron chi connectivity index (χ0n) is 16.0. The van der Waals surface area contributed by atoms with Gasteiger partial charge in [0.05, 0.1) is 18.4 Å². The quantitative estimate of drug-likeness (QED) is 0.481. The number of hydrogen-bond acceptors (Lipinski definition) is 5. The van der Waals surface area contributed by atoms with E-state index in [-0.39, 0.29) is 12.0 Å². The molecule has 2 aromatic carbocycles. The van der Waals surface area contributed by atoms with Gasteiger partial charge in [-0.1, -0.05) is 23.7 Å². The fourth-order valence-corrected chi connectivity index (χ4v) is 3.87. The van der Waals surface area contributed by atoms with Gasteiger partial charge in [0.15, 0.2) is 5.75 Å². The van der Waals surface area contributed by atoms with Crippen LogP contribution >= 0.6 is 22.9 Å². The Morgan fingerprint density at radius 2 is 1.96 bits per heavy atom. The fourth-order valence-electron chi connectivity index (χ4n) is 2.66. The molecule has 3 aromatic rings. The number of anilines is 1. The van der Waals surface area contributed by atoms with Crippen LogP contribution in [0.4, 0.5) is 5.69 Å². The SMILES string of the molecule is COCCOc1ccc(Cl)cc1NC(=O)c1sc2ccccc2c1OC(C)C. The molecule has 0 saturated heterocycles. The molecule has 5 nitrogen and oxygen atoms in total. The first-order chi connectivity index (χ1) is 13.5. The average Bonchev–Trinajstić information content (AvgIpc) is 3.02. The van der Waals surface area contributed by atoms with Crippen LogP contribution in [-0.2, 0) is 4.74 Å². The minimum absolute atomic E-state index is 0.0522. The summed E-state index contributed by atoms with van der Waals surface area (Å²) in [6.45, 7) is 4.68. The Balaban J connectivity index is 1.92. The van der Waals surface area contributed by atoms with Crippen molar-refractivity contribution in [3.8, 4) is 11.5 Å². The minimum Gasteiger partial charge on any atom is -0.489 e. The lowest BCUT2D eigenvalue weighted by Gasteiger charge is -2.14. The molecule has 0 radical (unpaired) electrons. The Hall–Kier alpha value is -2.28. The first-order valence-electron chi connectivity index (χ1n) is 8.90. The predicted molar refractivity (Wildman–Crippen MR) is 114 cm³/mol. The van der Waals surface area contributed by atoms with Crippen molar-refractivity contribution in [2.75, 3.05) is 25.6 Å². The molecular formula is C21H22ClNO4S. The van der Waals surface area contributed by atoms with Crippen molar-refractivity contribution in [2.24, 2.45) is 0 Å². The average molecular weight is 420 g/mol. The second kappa shape index (κ2) is 9.28. The van der Waals surface area contributed by atoms with E-state index in [1.54, 1.807) is 25.3 Å². The number of amides is 1. The predicted octanol–water partition coefficient (Wildman–Crippen LogP) is 5.62. The van der Waals surface area contributed by atoms with E-state index in [9.17, 15) is 4.79 Å². The van der Waals surface area contributed by atoms with Gasteiger partial charge >= 0.3 is 0 Å². The molecule has 0 aliphatic carbocycles. The maximum absolute atomic E-state index is 13.1. The number of fused-ring (bicyclic) bond motifs is 1. The molecule has 1 heterocycles. The van der Waals surface area contributed by atoms with Gasteiger partial charge in [-0.25, -0.2) is 0 Å². The van der Waals surface area contributed by atoms with E-state index in [2.05, 4.69) is 5.32 Å². The number of methoxy groups -OCH3 is 1. The molecule has 1 aromatic heterocycles. The summed E-state index contributed by atoms with van der Waals surface area (Å²) in [4.78, 5) is 13.6. The topological polar surface area (TPSA) is 56.8 Å². The molecule has 1 N–H and O–H groups in total. The zero-order chi connectivity index (χ0) is 20.1. The summed E-state index contributed by atoms with van der Waals surface area (Å²) >= 11 is 7.51. The van der Waals surface area contributed by atoms with Gasteiger partial charge in [-0.2, -0.15) is 0 Å². The summed E-state index contributed by atoms with van der Waals surface area (Å²) in [7, 11) is 1.60. The van der Waals surface area contributed by atoms with Gasteiger partial charge in [-0.3, -0.25) is 4.79 Å². The maximum Gasteiger partial charge on any atom is 0.269 e. The van der Waals surface area contributed by atoms with Crippen LogP contribution < -0.4 is 14.8 Å². The number of thiophene rings is 1. The highest BCUT2D eigenvalue weighted by Gasteiger charge is 2.22. The Bertz CT molecular complexity index is 970. The molecule has 0 aliphatic heterocycles. The fraction of sp³-hybridized carbons (Fsp3) is 0.286. The van der Waals surface area contributed by atoms with Crippen molar-refractivity contribution in [2.45, 2.75) is 20.0 Å². The molecule has 0 aliphatic rings. The van der Waals surface area contributed by atoms with Crippen LogP contribution in [-0.4, -0.2) is 32.3 Å². The number of carbonyl (C=O) groups excluding carboxylic acids is 1. The van der Waals surface area contributed by atoms with Crippen LogP contribution in [0.25, 0.3) is 10.1 Å². The summed E-state index contributed by atoms with van der Waals surface area (Å²) in [5.74, 6) is 0.856. The molecule has 0 bridgehead atoms. The van der Waals surface area contributed by atoms with Crippen LogP contribution in [0, 0.1) is 0 Å². The summed E-state index contributed by atoms with van der Waals surface area (Å²) in [5.41, 5.74) is 0.501. The van der Waals surface area contributed by atoms with Crippen molar-refractivity contribution < 1.29 is 19.0 Å². The third kappa shape index (κ3) is 4.76. The molecule has 0 spiro atoms. The number of benzene rings is 2. The maximum atomic E-state index is 13.1. The molecule has 0 unspecified atom stereocenters. The first-order valence-corrected chi connectivity index (χ1v) is 10.1.